The van der Waals surface area contributed by atoms with E-state index in [1.807, 2.05) is 0 Å². The lowest BCUT2D eigenvalue weighted by Gasteiger charge is -2.07. The summed E-state index contributed by atoms with van der Waals surface area (Å²) in [5, 5.41) is 5.03. The van der Waals surface area contributed by atoms with Crippen molar-refractivity contribution in [2.75, 3.05) is 0 Å². The van der Waals surface area contributed by atoms with Gasteiger partial charge in [-0.15, -0.1) is 11.3 Å². The number of halogens is 4. The van der Waals surface area contributed by atoms with Gasteiger partial charge in [-0.2, -0.15) is 18.3 Å². The van der Waals surface area contributed by atoms with Crippen molar-refractivity contribution in [3.8, 4) is 11.5 Å². The average molecular weight is 388 g/mol. The fourth-order valence-electron chi connectivity index (χ4n) is 2.32. The van der Waals surface area contributed by atoms with E-state index in [0.717, 1.165) is 28.2 Å². The Morgan fingerprint density at radius 2 is 2.04 bits per heavy atom. The number of hydrogen-bond donors (Lipinski definition) is 0. The topological polar surface area (TPSA) is 53.4 Å². The third-order valence-corrected chi connectivity index (χ3v) is 4.38. The fraction of sp³-hybridized carbons (Fsp3) is 0.250. The number of nitrogens with zero attached hydrogens (tertiary/aromatic N) is 2. The summed E-state index contributed by atoms with van der Waals surface area (Å²) in [5.41, 5.74) is -0.839. The highest BCUT2D eigenvalue weighted by atomic mass is 32.1. The van der Waals surface area contributed by atoms with Gasteiger partial charge >= 0.3 is 12.1 Å². The molecule has 0 unspecified atom stereocenters. The maximum atomic E-state index is 14.3. The van der Waals surface area contributed by atoms with Gasteiger partial charge in [-0.05, 0) is 12.1 Å². The first-order valence-electron chi connectivity index (χ1n) is 7.27. The number of thiophene rings is 1. The number of carbonyl (C=O) groups is 1. The van der Waals surface area contributed by atoms with Crippen molar-refractivity contribution in [1.29, 1.82) is 0 Å². The second-order valence-corrected chi connectivity index (χ2v) is 6.31. The van der Waals surface area contributed by atoms with Gasteiger partial charge in [0.05, 0.1) is 11.1 Å². The Kier molecular flexibility index (Phi) is 4.61. The normalized spacial score (nSPS) is 11.8. The van der Waals surface area contributed by atoms with E-state index in [1.165, 1.54) is 25.4 Å². The number of esters is 1. The van der Waals surface area contributed by atoms with Crippen LogP contribution in [0.5, 0.6) is 11.5 Å². The molecule has 5 nitrogen and oxygen atoms in total. The van der Waals surface area contributed by atoms with Gasteiger partial charge in [-0.25, -0.2) is 4.39 Å². The molecule has 10 heteroatoms. The number of carbonyl (C=O) groups excluding carboxylic acids is 1. The number of aromatic nitrogens is 2. The third kappa shape index (κ3) is 3.64. The molecule has 0 aliphatic carbocycles. The second kappa shape index (κ2) is 6.60. The molecular formula is C16H12F4N2O3S. The monoisotopic (exact) mass is 388 g/mol. The number of alkyl halides is 3. The highest BCUT2D eigenvalue weighted by Gasteiger charge is 2.34. The van der Waals surface area contributed by atoms with Crippen LogP contribution in [0, 0.1) is 5.82 Å². The van der Waals surface area contributed by atoms with Gasteiger partial charge in [0.25, 0.3) is 0 Å². The van der Waals surface area contributed by atoms with Crippen molar-refractivity contribution >= 4 is 27.4 Å². The van der Waals surface area contributed by atoms with Gasteiger partial charge < -0.3 is 9.47 Å². The van der Waals surface area contributed by atoms with Crippen LogP contribution in [0.4, 0.5) is 17.6 Å². The zero-order valence-corrected chi connectivity index (χ0v) is 14.4. The van der Waals surface area contributed by atoms with Crippen LogP contribution in [0.15, 0.2) is 23.6 Å². The van der Waals surface area contributed by atoms with Gasteiger partial charge in [0.15, 0.2) is 11.4 Å². The second-order valence-electron chi connectivity index (χ2n) is 5.40. The molecule has 0 amide bonds. The van der Waals surface area contributed by atoms with Crippen LogP contribution in [-0.2, 0) is 24.6 Å². The summed E-state index contributed by atoms with van der Waals surface area (Å²) in [6.45, 7) is 0.995. The smallest absolute Gasteiger partial charge is 0.435 e. The van der Waals surface area contributed by atoms with Gasteiger partial charge in [-0.3, -0.25) is 9.48 Å². The SMILES string of the molecule is CC(=O)Oc1csc2cc(OCc3cc(C(F)(F)F)nn3C)cc(F)c12. The summed E-state index contributed by atoms with van der Waals surface area (Å²) in [5.74, 6) is -0.971. The Balaban J connectivity index is 1.82. The molecule has 0 N–H and O–H groups in total. The Morgan fingerprint density at radius 3 is 2.65 bits per heavy atom. The molecule has 26 heavy (non-hydrogen) atoms. The van der Waals surface area contributed by atoms with Crippen LogP contribution in [0.1, 0.15) is 18.3 Å². The van der Waals surface area contributed by atoms with E-state index in [2.05, 4.69) is 5.10 Å². The Hall–Kier alpha value is -2.62. The number of fused-ring (bicyclic) bond motifs is 1. The van der Waals surface area contributed by atoms with Crippen molar-refractivity contribution in [2.24, 2.45) is 7.05 Å². The molecule has 1 aromatic carbocycles. The zero-order chi connectivity index (χ0) is 19.1. The average Bonchev–Trinajstić information content (AvgIpc) is 3.08. The van der Waals surface area contributed by atoms with E-state index < -0.39 is 23.7 Å². The van der Waals surface area contributed by atoms with E-state index in [-0.39, 0.29) is 29.2 Å². The number of aryl methyl sites for hydroxylation is 1. The minimum absolute atomic E-state index is 0.114. The lowest BCUT2D eigenvalue weighted by molar-refractivity contribution is -0.141. The number of ether oxygens (including phenoxy) is 2. The highest BCUT2D eigenvalue weighted by Crippen LogP contribution is 2.37. The van der Waals surface area contributed by atoms with E-state index in [0.29, 0.717) is 4.70 Å². The molecule has 3 rings (SSSR count). The lowest BCUT2D eigenvalue weighted by atomic mass is 10.2. The highest BCUT2D eigenvalue weighted by molar-refractivity contribution is 7.17. The first-order valence-corrected chi connectivity index (χ1v) is 8.15. The van der Waals surface area contributed by atoms with E-state index in [4.69, 9.17) is 9.47 Å². The van der Waals surface area contributed by atoms with E-state index in [1.54, 1.807) is 0 Å². The molecule has 0 bridgehead atoms. The van der Waals surface area contributed by atoms with Crippen molar-refractivity contribution < 1.29 is 31.8 Å². The molecule has 2 aromatic heterocycles. The largest absolute Gasteiger partial charge is 0.487 e. The van der Waals surface area contributed by atoms with Crippen LogP contribution < -0.4 is 9.47 Å². The molecule has 0 atom stereocenters. The molecule has 0 radical (unpaired) electrons. The summed E-state index contributed by atoms with van der Waals surface area (Å²) in [6, 6.07) is 3.49. The third-order valence-electron chi connectivity index (χ3n) is 3.47. The predicted octanol–water partition coefficient (Wildman–Crippen LogP) is 4.30. The van der Waals surface area contributed by atoms with Crippen LogP contribution in [0.2, 0.25) is 0 Å². The number of benzene rings is 1. The molecule has 0 aliphatic heterocycles. The molecule has 0 fully saturated rings. The molecule has 138 valence electrons. The standard InChI is InChI=1S/C16H12F4N2O3S/c1-8(23)25-12-7-26-13-5-10(4-11(17)15(12)13)24-6-9-3-14(16(18,19)20)21-22(9)2/h3-5,7H,6H2,1-2H3. The van der Waals surface area contributed by atoms with Crippen LogP contribution in [0.3, 0.4) is 0 Å². The summed E-state index contributed by atoms with van der Waals surface area (Å²) < 4.78 is 64.2. The minimum atomic E-state index is -4.55. The zero-order valence-electron chi connectivity index (χ0n) is 13.6. The van der Waals surface area contributed by atoms with Gasteiger partial charge in [0.1, 0.15) is 18.2 Å². The molecule has 3 aromatic rings. The molecule has 0 aliphatic rings. The fourth-order valence-corrected chi connectivity index (χ4v) is 3.22. The van der Waals surface area contributed by atoms with E-state index >= 15 is 0 Å². The predicted molar refractivity (Wildman–Crippen MR) is 85.6 cm³/mol. The van der Waals surface area contributed by atoms with Crippen LogP contribution in [-0.4, -0.2) is 15.7 Å². The lowest BCUT2D eigenvalue weighted by Crippen LogP contribution is -2.06. The first-order chi connectivity index (χ1) is 12.1. The summed E-state index contributed by atoms with van der Waals surface area (Å²) in [4.78, 5) is 11.0. The maximum Gasteiger partial charge on any atom is 0.435 e. The van der Waals surface area contributed by atoms with Gasteiger partial charge in [-0.1, -0.05) is 0 Å². The number of hydrogen-bond acceptors (Lipinski definition) is 5. The molecule has 0 spiro atoms. The Labute approximate surface area is 148 Å². The summed E-state index contributed by atoms with van der Waals surface area (Å²) >= 11 is 1.15. The summed E-state index contributed by atoms with van der Waals surface area (Å²) in [6.07, 6.45) is -4.55. The van der Waals surface area contributed by atoms with Crippen molar-refractivity contribution in [3.05, 3.63) is 40.8 Å². The maximum absolute atomic E-state index is 14.3. The first kappa shape index (κ1) is 18.2. The number of rotatable bonds is 4. The molecular weight excluding hydrogens is 376 g/mol. The summed E-state index contributed by atoms with van der Waals surface area (Å²) in [7, 11) is 1.36. The minimum Gasteiger partial charge on any atom is -0.487 e. The van der Waals surface area contributed by atoms with Gasteiger partial charge in [0, 0.05) is 30.1 Å². The molecule has 2 heterocycles. The van der Waals surface area contributed by atoms with Crippen molar-refractivity contribution in [2.45, 2.75) is 19.7 Å². The van der Waals surface area contributed by atoms with Crippen molar-refractivity contribution in [1.82, 2.24) is 9.78 Å². The van der Waals surface area contributed by atoms with Gasteiger partial charge in [0.2, 0.25) is 0 Å². The van der Waals surface area contributed by atoms with Crippen LogP contribution >= 0.6 is 11.3 Å². The Morgan fingerprint density at radius 1 is 1.31 bits per heavy atom. The molecule has 0 saturated carbocycles. The van der Waals surface area contributed by atoms with Crippen LogP contribution in [0.25, 0.3) is 10.1 Å². The van der Waals surface area contributed by atoms with Crippen molar-refractivity contribution in [3.63, 3.8) is 0 Å². The quantitative estimate of drug-likeness (QED) is 0.494. The Bertz CT molecular complexity index is 978. The van der Waals surface area contributed by atoms with E-state index in [9.17, 15) is 22.4 Å². The molecule has 0 saturated heterocycles.